The molecule has 8 heteroatoms. The zero-order valence-corrected chi connectivity index (χ0v) is 90.5. The van der Waals surface area contributed by atoms with E-state index in [9.17, 15) is 0 Å². The number of hydrogen-bond donors (Lipinski definition) is 0. The number of rotatable bonds is 44. The van der Waals surface area contributed by atoms with Crippen LogP contribution in [0.25, 0.3) is 0 Å². The summed E-state index contributed by atoms with van der Waals surface area (Å²) in [6.45, 7) is 38.7. The predicted octanol–water partition coefficient (Wildman–Crippen LogP) is 35.4. The molecule has 0 aliphatic heterocycles. The summed E-state index contributed by atoms with van der Waals surface area (Å²) in [6, 6.07) is 0. The summed E-state index contributed by atoms with van der Waals surface area (Å²) in [5.41, 5.74) is 0. The average molecular weight is 1680 g/mol. The topological polar surface area (TPSA) is 0 Å². The van der Waals surface area contributed by atoms with Crippen LogP contribution in [0.1, 0.15) is 423 Å². The van der Waals surface area contributed by atoms with Crippen molar-refractivity contribution in [3.63, 3.8) is 0 Å². The van der Waals surface area contributed by atoms with Gasteiger partial charge in [0.1, 0.15) is 0 Å². The normalized spacial score (nSPS) is 24.6. The van der Waals surface area contributed by atoms with Gasteiger partial charge in [-0.3, -0.25) is 0 Å². The summed E-state index contributed by atoms with van der Waals surface area (Å²) in [4.78, 5) is 0. The van der Waals surface area contributed by atoms with Gasteiger partial charge in [-0.1, -0.05) is 517 Å². The van der Waals surface area contributed by atoms with Gasteiger partial charge in [0, 0.05) is 4.28 Å². The van der Waals surface area contributed by atoms with E-state index in [1.165, 1.54) is 70.5 Å². The van der Waals surface area contributed by atoms with Crippen molar-refractivity contribution in [3.05, 3.63) is 24.3 Å². The Hall–Kier alpha value is 3.74. The molecule has 8 fully saturated rings. The maximum absolute atomic E-state index is 2.44. The monoisotopic (exact) mass is 1680 g/mol. The highest BCUT2D eigenvalue weighted by molar-refractivity contribution is 6.62. The summed E-state index contributed by atoms with van der Waals surface area (Å²) in [6.07, 6.45) is 84.1. The molecule has 10 aliphatic rings. The lowest BCUT2D eigenvalue weighted by Crippen LogP contribution is -2.30. The van der Waals surface area contributed by atoms with Crippen molar-refractivity contribution in [2.45, 2.75) is 523 Å². The Labute approximate surface area is 755 Å². The predicted molar refractivity (Wildman–Crippen MR) is 536 cm³/mol. The first-order valence-corrected chi connectivity index (χ1v) is 70.7. The van der Waals surface area contributed by atoms with Gasteiger partial charge in [-0.05, 0) is 124 Å². The molecule has 0 spiro atoms. The zero-order chi connectivity index (χ0) is 80.8. The van der Waals surface area contributed by atoms with Crippen LogP contribution in [0.15, 0.2) is 24.3 Å². The number of hydrogen-bond acceptors (Lipinski definition) is 0. The Morgan fingerprint density at radius 2 is 0.429 bits per heavy atom. The van der Waals surface area contributed by atoms with Crippen molar-refractivity contribution >= 4 is 117 Å². The highest BCUT2D eigenvalue weighted by Gasteiger charge is 2.40. The summed E-state index contributed by atoms with van der Waals surface area (Å²) in [5.74, 6) is 16.6. The lowest BCUT2D eigenvalue weighted by molar-refractivity contribution is 0.439. The van der Waals surface area contributed by atoms with Crippen LogP contribution < -0.4 is 0 Å². The van der Waals surface area contributed by atoms with Crippen LogP contribution in [0.4, 0.5) is 0 Å². The smallest absolute Gasteiger partial charge is 0.0970 e. The summed E-state index contributed by atoms with van der Waals surface area (Å²) in [7, 11) is 0. The van der Waals surface area contributed by atoms with Gasteiger partial charge in [-0.15, -0.1) is 0 Å². The highest BCUT2D eigenvalue weighted by atomic mass is 27.2. The first kappa shape index (κ1) is 106. The van der Waals surface area contributed by atoms with Crippen LogP contribution in [0.3, 0.4) is 0 Å². The molecule has 0 nitrogen and oxygen atoms in total. The lowest BCUT2D eigenvalue weighted by atomic mass is 9.99. The fourth-order valence-electron chi connectivity index (χ4n) is 25.4. The van der Waals surface area contributed by atoms with Crippen LogP contribution in [0, 0.1) is 94.7 Å². The van der Waals surface area contributed by atoms with E-state index in [-0.39, 0.29) is 4.28 Å². The quantitative estimate of drug-likeness (QED) is 0.0324. The third-order valence-electron chi connectivity index (χ3n) is 31.5. The molecule has 8 unspecified atom stereocenters. The maximum Gasteiger partial charge on any atom is 0.268 e. The van der Waals surface area contributed by atoms with Crippen molar-refractivity contribution in [2.75, 3.05) is 0 Å². The minimum atomic E-state index is -0.538. The molecule has 0 heterocycles. The van der Waals surface area contributed by atoms with Crippen LogP contribution in [0.5, 0.6) is 0 Å². The molecule has 0 radical (unpaired) electrons. The Bertz CT molecular complexity index is 1920. The Kier molecular flexibility index (Phi) is 64.5. The molecule has 0 aromatic rings. The Balaban J connectivity index is 0.000000503. The molecular formula is C104H210Al8. The molecule has 8 saturated carbocycles. The molecule has 8 atom stereocenters. The molecule has 0 saturated heterocycles. The minimum absolute atomic E-state index is 0. The van der Waals surface area contributed by atoms with Gasteiger partial charge in [0.05, 0.1) is 0 Å². The van der Waals surface area contributed by atoms with Gasteiger partial charge < -0.3 is 0 Å². The second-order valence-electron chi connectivity index (χ2n) is 45.9. The van der Waals surface area contributed by atoms with Gasteiger partial charge in [0.2, 0.25) is 60.9 Å². The van der Waals surface area contributed by atoms with Crippen molar-refractivity contribution < 1.29 is 4.28 Å². The van der Waals surface area contributed by atoms with Crippen LogP contribution >= 0.6 is 0 Å². The molecule has 0 bridgehead atoms. The van der Waals surface area contributed by atoms with E-state index in [1.807, 2.05) is 0 Å². The summed E-state index contributed by atoms with van der Waals surface area (Å²) < 4.78 is 5.01. The van der Waals surface area contributed by atoms with Gasteiger partial charge in [-0.2, -0.15) is 0 Å². The summed E-state index contributed by atoms with van der Waals surface area (Å²) in [5, 5.41) is 26.0. The SMILES string of the molecule is C1=CCCCC1.C1=CCCCC1.C1CC[CH]([Al]([CH2]CC2CCC(C[CH2][Al]([CH]3CCCCC3)[CH]3CCCCC3)C2)[CH]2CCCCC2)CC1.CC(C)[CH2][AlH][CH2]CC1CCC(C[CH2][AlH][CH2]C(C)C)C1.CC(C)[CH2][AlH][CH2]CC1CCC(C[CH2][AlH][CH2]C(C)C)C1.CC(C)[CH2][Al]([CH2]CC1CCC(C[CH2][Al]([CH2]C(C)C)[CH2]C(C)C)C1)[CH2]C(C)C.[2HH].[2HH].[2HH]. The first-order chi connectivity index (χ1) is 54.2. The minimum Gasteiger partial charge on any atom is -0.0970 e. The van der Waals surface area contributed by atoms with Crippen molar-refractivity contribution in [1.82, 2.24) is 0 Å². The van der Waals surface area contributed by atoms with Gasteiger partial charge >= 0.3 is 0 Å². The molecule has 0 N–H and O–H groups in total. The second kappa shape index (κ2) is 68.0. The highest BCUT2D eigenvalue weighted by Crippen LogP contribution is 2.49. The molecule has 0 aromatic carbocycles. The fraction of sp³-hybridized carbons (Fsp3) is 0.962. The van der Waals surface area contributed by atoms with E-state index in [0.717, 1.165) is 94.7 Å². The van der Waals surface area contributed by atoms with E-state index in [1.54, 1.807) is 341 Å². The van der Waals surface area contributed by atoms with Crippen LogP contribution in [-0.2, 0) is 0 Å². The zero-order valence-electron chi connectivity index (χ0n) is 80.2. The molecular weight excluding hydrogens is 1460 g/mol. The second-order valence-corrected chi connectivity index (χ2v) is 67.9. The average Bonchev–Trinajstić information content (AvgIpc) is 1.40. The van der Waals surface area contributed by atoms with Crippen molar-refractivity contribution in [2.24, 2.45) is 94.7 Å². The molecule has 0 aromatic heterocycles. The molecule has 0 amide bonds. The molecule has 10 rings (SSSR count). The maximum atomic E-state index is 2.44. The Morgan fingerprint density at radius 1 is 0.232 bits per heavy atom. The standard InChI is InChI=1S/4C9H16.4C6H11.2C6H10.8C4H9.8Al.3H2.4H/c4*1-3-8-5-6-9(4-2)7-8;6*1-2-4-6-5-3-1;8*1-4(2)3;;;;;;;;;;;;;;;/h4*8-9H,1-7H2;4*1H,2-6H2;2*1-2H,3-6H2;8*4H,1H2,2-3H3;;;;;;;;;3*1H;;;;/i;;;;;;;;;;;;;;;;;;;;;;;;;;3*1+1;;;;. The van der Waals surface area contributed by atoms with E-state index < -0.39 is 56.6 Å². The van der Waals surface area contributed by atoms with Gasteiger partial charge in [0.25, 0.3) is 56.6 Å². The van der Waals surface area contributed by atoms with Crippen molar-refractivity contribution in [1.29, 1.82) is 0 Å². The Morgan fingerprint density at radius 3 is 0.607 bits per heavy atom. The lowest BCUT2D eigenvalue weighted by Gasteiger charge is -2.35. The van der Waals surface area contributed by atoms with Gasteiger partial charge in [-0.25, -0.2) is 0 Å². The van der Waals surface area contributed by atoms with Crippen LogP contribution in [0.2, 0.25) is 104 Å². The van der Waals surface area contributed by atoms with E-state index >= 15 is 0 Å². The third-order valence-corrected chi connectivity index (χ3v) is 59.6. The fourth-order valence-corrected chi connectivity index (χ4v) is 52.2. The van der Waals surface area contributed by atoms with E-state index in [2.05, 4.69) is 135 Å². The largest absolute Gasteiger partial charge is 0.268 e. The molecule has 650 valence electrons. The number of allylic oxidation sites excluding steroid dienone is 4. The van der Waals surface area contributed by atoms with Crippen molar-refractivity contribution in [3.8, 4) is 0 Å². The molecule has 10 aliphatic carbocycles. The van der Waals surface area contributed by atoms with E-state index in [0.29, 0.717) is 60.9 Å². The molecule has 112 heavy (non-hydrogen) atoms. The summed E-state index contributed by atoms with van der Waals surface area (Å²) >= 11 is -0.880. The van der Waals surface area contributed by atoms with Gasteiger partial charge in [0.15, 0.2) is 0 Å². The van der Waals surface area contributed by atoms with Crippen LogP contribution in [-0.4, -0.2) is 117 Å². The first-order valence-electron chi connectivity index (χ1n) is 53.5. The van der Waals surface area contributed by atoms with E-state index in [4.69, 9.17) is 0 Å². The third kappa shape index (κ3) is 53.9.